The Morgan fingerprint density at radius 3 is 2.57 bits per heavy atom. The highest BCUT2D eigenvalue weighted by Crippen LogP contribution is 2.23. The molecule has 1 aromatic carbocycles. The zero-order valence-corrected chi connectivity index (χ0v) is 17.5. The van der Waals surface area contributed by atoms with Gasteiger partial charge in [0, 0.05) is 50.2 Å². The molecule has 0 saturated heterocycles. The fraction of sp³-hybridized carbons (Fsp3) is 0.333. The van der Waals surface area contributed by atoms with Crippen LogP contribution in [0.15, 0.2) is 48.7 Å². The lowest BCUT2D eigenvalue weighted by molar-refractivity contribution is -0.123. The van der Waals surface area contributed by atoms with Crippen LogP contribution in [0.25, 0.3) is 11.1 Å². The van der Waals surface area contributed by atoms with Crippen LogP contribution in [0.2, 0.25) is 0 Å². The summed E-state index contributed by atoms with van der Waals surface area (Å²) in [7, 11) is 0. The van der Waals surface area contributed by atoms with Crippen molar-refractivity contribution in [3.63, 3.8) is 0 Å². The molecule has 6 heteroatoms. The largest absolute Gasteiger partial charge is 0.299 e. The van der Waals surface area contributed by atoms with E-state index in [2.05, 4.69) is 16.1 Å². The molecule has 2 aromatic heterocycles. The predicted octanol–water partition coefficient (Wildman–Crippen LogP) is 3.89. The van der Waals surface area contributed by atoms with Crippen molar-refractivity contribution in [1.29, 1.82) is 0 Å². The first-order valence-corrected chi connectivity index (χ1v) is 10.4. The highest BCUT2D eigenvalue weighted by Gasteiger charge is 2.24. The van der Waals surface area contributed by atoms with E-state index >= 15 is 0 Å². The third kappa shape index (κ3) is 4.32. The van der Waals surface area contributed by atoms with Gasteiger partial charge in [-0.05, 0) is 37.5 Å². The second-order valence-electron chi connectivity index (χ2n) is 7.84. The van der Waals surface area contributed by atoms with Gasteiger partial charge in [0.25, 0.3) is 0 Å². The second-order valence-corrected chi connectivity index (χ2v) is 7.84. The summed E-state index contributed by atoms with van der Waals surface area (Å²) in [6.45, 7) is 5.41. The molecule has 1 amide bonds. The van der Waals surface area contributed by atoms with Gasteiger partial charge in [0.15, 0.2) is 0 Å². The molecule has 6 nitrogen and oxygen atoms in total. The lowest BCUT2D eigenvalue weighted by atomic mass is 10.0. The van der Waals surface area contributed by atoms with Crippen LogP contribution >= 0.6 is 0 Å². The number of hydrogen-bond acceptors (Lipinski definition) is 4. The SMILES string of the molecule is Cc1cc2n(n1)CCCN2C(=O)CCC(=O)Cc1ncc(-c2ccccc2)cc1C. The molecular formula is C24H26N4O2. The monoisotopic (exact) mass is 402 g/mol. The number of amides is 1. The van der Waals surface area contributed by atoms with Crippen LogP contribution in [0.3, 0.4) is 0 Å². The molecule has 4 rings (SSSR count). The lowest BCUT2D eigenvalue weighted by Gasteiger charge is -2.27. The van der Waals surface area contributed by atoms with E-state index in [0.29, 0.717) is 6.54 Å². The van der Waals surface area contributed by atoms with Gasteiger partial charge in [-0.2, -0.15) is 5.10 Å². The summed E-state index contributed by atoms with van der Waals surface area (Å²) >= 11 is 0. The number of carbonyl (C=O) groups is 2. The van der Waals surface area contributed by atoms with E-state index in [1.54, 1.807) is 4.90 Å². The summed E-state index contributed by atoms with van der Waals surface area (Å²) in [5.41, 5.74) is 4.82. The molecule has 0 bridgehead atoms. The van der Waals surface area contributed by atoms with E-state index in [-0.39, 0.29) is 31.0 Å². The fourth-order valence-electron chi connectivity index (χ4n) is 3.89. The highest BCUT2D eigenvalue weighted by molar-refractivity contribution is 5.95. The van der Waals surface area contributed by atoms with Crippen LogP contribution in [0.4, 0.5) is 5.82 Å². The number of ketones is 1. The summed E-state index contributed by atoms with van der Waals surface area (Å²) in [5.74, 6) is 0.853. The molecule has 0 saturated carbocycles. The molecule has 154 valence electrons. The summed E-state index contributed by atoms with van der Waals surface area (Å²) in [6.07, 6.45) is 3.39. The van der Waals surface area contributed by atoms with E-state index < -0.39 is 0 Å². The molecule has 1 aliphatic rings. The molecular weight excluding hydrogens is 376 g/mol. The number of rotatable bonds is 6. The van der Waals surface area contributed by atoms with Crippen molar-refractivity contribution in [2.45, 2.75) is 46.1 Å². The van der Waals surface area contributed by atoms with Crippen molar-refractivity contribution in [3.05, 3.63) is 65.6 Å². The van der Waals surface area contributed by atoms with Gasteiger partial charge >= 0.3 is 0 Å². The topological polar surface area (TPSA) is 68.1 Å². The first-order chi connectivity index (χ1) is 14.5. The van der Waals surface area contributed by atoms with E-state index in [9.17, 15) is 9.59 Å². The number of hydrogen-bond donors (Lipinski definition) is 0. The Morgan fingerprint density at radius 1 is 1.00 bits per heavy atom. The van der Waals surface area contributed by atoms with Crippen molar-refractivity contribution < 1.29 is 9.59 Å². The summed E-state index contributed by atoms with van der Waals surface area (Å²) in [5, 5.41) is 4.42. The van der Waals surface area contributed by atoms with Gasteiger partial charge in [-0.3, -0.25) is 19.5 Å². The van der Waals surface area contributed by atoms with Crippen molar-refractivity contribution in [2.75, 3.05) is 11.4 Å². The number of aromatic nitrogens is 3. The predicted molar refractivity (Wildman–Crippen MR) is 116 cm³/mol. The quantitative estimate of drug-likeness (QED) is 0.627. The van der Waals surface area contributed by atoms with Crippen molar-refractivity contribution in [1.82, 2.24) is 14.8 Å². The number of fused-ring (bicyclic) bond motifs is 1. The fourth-order valence-corrected chi connectivity index (χ4v) is 3.89. The summed E-state index contributed by atoms with van der Waals surface area (Å²) in [6, 6.07) is 14.1. The molecule has 1 aliphatic heterocycles. The maximum Gasteiger partial charge on any atom is 0.228 e. The molecule has 0 N–H and O–H groups in total. The van der Waals surface area contributed by atoms with Gasteiger partial charge in [-0.1, -0.05) is 30.3 Å². The van der Waals surface area contributed by atoms with E-state index in [4.69, 9.17) is 0 Å². The number of aryl methyl sites for hydroxylation is 3. The van der Waals surface area contributed by atoms with Crippen molar-refractivity contribution in [2.24, 2.45) is 0 Å². The third-order valence-electron chi connectivity index (χ3n) is 5.49. The summed E-state index contributed by atoms with van der Waals surface area (Å²) in [4.78, 5) is 31.5. The van der Waals surface area contributed by atoms with Gasteiger partial charge in [-0.15, -0.1) is 0 Å². The highest BCUT2D eigenvalue weighted by atomic mass is 16.2. The second kappa shape index (κ2) is 8.61. The first kappa shape index (κ1) is 20.0. The van der Waals surface area contributed by atoms with E-state index in [0.717, 1.165) is 46.9 Å². The lowest BCUT2D eigenvalue weighted by Crippen LogP contribution is -2.37. The number of benzene rings is 1. The van der Waals surface area contributed by atoms with Gasteiger partial charge in [0.05, 0.1) is 11.4 Å². The molecule has 0 spiro atoms. The Kier molecular flexibility index (Phi) is 5.74. The molecule has 30 heavy (non-hydrogen) atoms. The Bertz CT molecular complexity index is 1070. The molecule has 0 unspecified atom stereocenters. The van der Waals surface area contributed by atoms with Gasteiger partial charge in [-0.25, -0.2) is 4.68 Å². The zero-order chi connectivity index (χ0) is 21.1. The maximum absolute atomic E-state index is 12.7. The third-order valence-corrected chi connectivity index (χ3v) is 5.49. The normalized spacial score (nSPS) is 13.2. The Labute approximate surface area is 176 Å². The minimum absolute atomic E-state index is 0.0201. The number of anilines is 1. The smallest absolute Gasteiger partial charge is 0.228 e. The van der Waals surface area contributed by atoms with Gasteiger partial charge in [0.2, 0.25) is 5.91 Å². The van der Waals surface area contributed by atoms with E-state index in [1.807, 2.05) is 61.1 Å². The Balaban J connectivity index is 1.36. The maximum atomic E-state index is 12.7. The Hall–Kier alpha value is -3.28. The standard InChI is InChI=1S/C24H26N4O2/c1-17-13-20(19-7-4-3-5-8-19)16-25-22(17)15-21(29)9-10-24(30)27-11-6-12-28-23(27)14-18(2)26-28/h3-5,7-8,13-14,16H,6,9-12,15H2,1-2H3. The minimum Gasteiger partial charge on any atom is -0.299 e. The first-order valence-electron chi connectivity index (χ1n) is 10.4. The molecule has 0 radical (unpaired) electrons. The molecule has 3 aromatic rings. The van der Waals surface area contributed by atoms with Crippen LogP contribution in [0.5, 0.6) is 0 Å². The summed E-state index contributed by atoms with van der Waals surface area (Å²) < 4.78 is 1.88. The molecule has 3 heterocycles. The number of Topliss-reactive ketones (excluding diaryl/α,β-unsaturated/α-hetero) is 1. The van der Waals surface area contributed by atoms with Crippen LogP contribution in [-0.2, 0) is 22.6 Å². The number of pyridine rings is 1. The number of nitrogens with zero attached hydrogens (tertiary/aromatic N) is 4. The average molecular weight is 402 g/mol. The van der Waals surface area contributed by atoms with Crippen LogP contribution in [0.1, 0.15) is 36.2 Å². The van der Waals surface area contributed by atoms with Crippen LogP contribution in [0, 0.1) is 13.8 Å². The Morgan fingerprint density at radius 2 is 1.80 bits per heavy atom. The zero-order valence-electron chi connectivity index (χ0n) is 17.5. The van der Waals surface area contributed by atoms with E-state index in [1.165, 1.54) is 0 Å². The minimum atomic E-state index is -0.0201. The number of carbonyl (C=O) groups excluding carboxylic acids is 2. The van der Waals surface area contributed by atoms with Gasteiger partial charge in [0.1, 0.15) is 11.6 Å². The van der Waals surface area contributed by atoms with Crippen LogP contribution in [-0.4, -0.2) is 33.0 Å². The molecule has 0 aliphatic carbocycles. The average Bonchev–Trinajstić information content (AvgIpc) is 3.14. The van der Waals surface area contributed by atoms with Crippen LogP contribution < -0.4 is 4.90 Å². The van der Waals surface area contributed by atoms with Gasteiger partial charge < -0.3 is 0 Å². The van der Waals surface area contributed by atoms with Crippen molar-refractivity contribution in [3.8, 4) is 11.1 Å². The van der Waals surface area contributed by atoms with Crippen molar-refractivity contribution >= 4 is 17.5 Å². The molecule has 0 fully saturated rings. The molecule has 0 atom stereocenters.